The molecule has 4 heteroatoms. The van der Waals surface area contributed by atoms with Crippen LogP contribution in [0.5, 0.6) is 5.75 Å². The van der Waals surface area contributed by atoms with Crippen molar-refractivity contribution in [1.82, 2.24) is 10.3 Å². The molecule has 0 amide bonds. The minimum absolute atomic E-state index is 0.206. The molecule has 0 unspecified atom stereocenters. The Morgan fingerprint density at radius 1 is 1.19 bits per heavy atom. The highest BCUT2D eigenvalue weighted by Gasteiger charge is 2.05. The van der Waals surface area contributed by atoms with E-state index in [1.165, 1.54) is 11.4 Å². The predicted octanol–water partition coefficient (Wildman–Crippen LogP) is 4.14. The Labute approximate surface area is 131 Å². The monoisotopic (exact) mass is 304 g/mol. The maximum absolute atomic E-state index is 5.66. The van der Waals surface area contributed by atoms with Crippen LogP contribution in [0.25, 0.3) is 11.3 Å². The van der Waals surface area contributed by atoms with Crippen LogP contribution in [0, 0.1) is 0 Å². The summed E-state index contributed by atoms with van der Waals surface area (Å²) in [6, 6.07) is 8.17. The second kappa shape index (κ2) is 8.15. The molecule has 1 aromatic heterocycles. The average molecular weight is 304 g/mol. The third kappa shape index (κ3) is 5.14. The molecule has 3 nitrogen and oxygen atoms in total. The smallest absolute Gasteiger partial charge is 0.119 e. The largest absolute Gasteiger partial charge is 0.491 e. The van der Waals surface area contributed by atoms with Gasteiger partial charge in [0.1, 0.15) is 5.75 Å². The zero-order valence-corrected chi connectivity index (χ0v) is 13.9. The number of hydrogen-bond donors (Lipinski definition) is 1. The molecule has 0 bridgehead atoms. The number of thiazole rings is 1. The van der Waals surface area contributed by atoms with Crippen LogP contribution >= 0.6 is 11.3 Å². The molecule has 114 valence electrons. The van der Waals surface area contributed by atoms with Crippen LogP contribution < -0.4 is 10.1 Å². The molecule has 0 radical (unpaired) electrons. The van der Waals surface area contributed by atoms with Crippen LogP contribution in [0.4, 0.5) is 0 Å². The van der Waals surface area contributed by atoms with Gasteiger partial charge in [-0.3, -0.25) is 0 Å². The maximum Gasteiger partial charge on any atom is 0.119 e. The van der Waals surface area contributed by atoms with Gasteiger partial charge in [-0.1, -0.05) is 6.92 Å². The van der Waals surface area contributed by atoms with E-state index in [0.29, 0.717) is 0 Å². The number of ether oxygens (including phenoxy) is 1. The number of nitrogens with zero attached hydrogens (tertiary/aromatic N) is 1. The summed E-state index contributed by atoms with van der Waals surface area (Å²) in [5.41, 5.74) is 2.21. The summed E-state index contributed by atoms with van der Waals surface area (Å²) in [5, 5.41) is 6.73. The molecule has 0 saturated carbocycles. The zero-order valence-electron chi connectivity index (χ0n) is 13.1. The van der Waals surface area contributed by atoms with Crippen molar-refractivity contribution in [2.45, 2.75) is 39.7 Å². The van der Waals surface area contributed by atoms with Crippen molar-refractivity contribution in [3.8, 4) is 17.0 Å². The van der Waals surface area contributed by atoms with Crippen molar-refractivity contribution in [3.63, 3.8) is 0 Å². The summed E-state index contributed by atoms with van der Waals surface area (Å²) in [4.78, 5) is 4.71. The van der Waals surface area contributed by atoms with Gasteiger partial charge in [-0.05, 0) is 51.1 Å². The molecule has 0 aliphatic carbocycles. The predicted molar refractivity (Wildman–Crippen MR) is 90.2 cm³/mol. The average Bonchev–Trinajstić information content (AvgIpc) is 2.93. The van der Waals surface area contributed by atoms with Crippen LogP contribution in [0.2, 0.25) is 0 Å². The first-order valence-corrected chi connectivity index (χ1v) is 8.49. The molecule has 21 heavy (non-hydrogen) atoms. The maximum atomic E-state index is 5.66. The van der Waals surface area contributed by atoms with E-state index in [9.17, 15) is 0 Å². The van der Waals surface area contributed by atoms with Crippen molar-refractivity contribution in [1.29, 1.82) is 0 Å². The van der Waals surface area contributed by atoms with Crippen molar-refractivity contribution in [3.05, 3.63) is 34.7 Å². The lowest BCUT2D eigenvalue weighted by Crippen LogP contribution is -2.17. The summed E-state index contributed by atoms with van der Waals surface area (Å²) in [6.45, 7) is 8.33. The zero-order chi connectivity index (χ0) is 15.1. The van der Waals surface area contributed by atoms with Crippen molar-refractivity contribution in [2.75, 3.05) is 13.1 Å². The molecule has 0 fully saturated rings. The fourth-order valence-electron chi connectivity index (χ4n) is 2.03. The molecule has 1 aromatic carbocycles. The van der Waals surface area contributed by atoms with Gasteiger partial charge in [0.2, 0.25) is 0 Å². The lowest BCUT2D eigenvalue weighted by molar-refractivity contribution is 0.242. The number of rotatable bonds is 8. The molecule has 0 spiro atoms. The van der Waals surface area contributed by atoms with Gasteiger partial charge in [0.25, 0.3) is 0 Å². The Bertz CT molecular complexity index is 534. The van der Waals surface area contributed by atoms with Gasteiger partial charge in [0.15, 0.2) is 0 Å². The molecular formula is C17H24N2OS. The van der Waals surface area contributed by atoms with Gasteiger partial charge in [-0.15, -0.1) is 11.3 Å². The summed E-state index contributed by atoms with van der Waals surface area (Å²) >= 11 is 1.73. The molecule has 1 heterocycles. The van der Waals surface area contributed by atoms with E-state index in [1.54, 1.807) is 11.3 Å². The van der Waals surface area contributed by atoms with Crippen molar-refractivity contribution < 1.29 is 4.74 Å². The van der Waals surface area contributed by atoms with Gasteiger partial charge in [0, 0.05) is 23.9 Å². The van der Waals surface area contributed by atoms with Crippen LogP contribution in [-0.4, -0.2) is 24.2 Å². The van der Waals surface area contributed by atoms with Crippen LogP contribution in [0.1, 0.15) is 32.2 Å². The molecule has 0 saturated heterocycles. The highest BCUT2D eigenvalue weighted by Crippen LogP contribution is 2.24. The van der Waals surface area contributed by atoms with E-state index >= 15 is 0 Å². The number of aromatic nitrogens is 1. The van der Waals surface area contributed by atoms with E-state index in [1.807, 2.05) is 26.0 Å². The van der Waals surface area contributed by atoms with Crippen molar-refractivity contribution >= 4 is 11.3 Å². The van der Waals surface area contributed by atoms with E-state index in [-0.39, 0.29) is 6.10 Å². The van der Waals surface area contributed by atoms with Crippen LogP contribution in [0.15, 0.2) is 29.6 Å². The van der Waals surface area contributed by atoms with E-state index in [4.69, 9.17) is 9.72 Å². The van der Waals surface area contributed by atoms with Crippen LogP contribution in [-0.2, 0) is 6.42 Å². The lowest BCUT2D eigenvalue weighted by atomic mass is 10.2. The minimum Gasteiger partial charge on any atom is -0.491 e. The summed E-state index contributed by atoms with van der Waals surface area (Å²) in [6.07, 6.45) is 2.38. The molecule has 0 aliphatic heterocycles. The van der Waals surface area contributed by atoms with Crippen LogP contribution in [0.3, 0.4) is 0 Å². The summed E-state index contributed by atoms with van der Waals surface area (Å²) < 4.78 is 5.66. The SMILES string of the molecule is CCCNCCc1nc(-c2ccc(OC(C)C)cc2)cs1. The number of nitrogens with one attached hydrogen (secondary N) is 1. The molecule has 1 N–H and O–H groups in total. The molecular weight excluding hydrogens is 280 g/mol. The second-order valence-corrected chi connectivity index (χ2v) is 6.26. The first kappa shape index (κ1) is 16.0. The Hall–Kier alpha value is -1.39. The summed E-state index contributed by atoms with van der Waals surface area (Å²) in [7, 11) is 0. The van der Waals surface area contributed by atoms with Gasteiger partial charge < -0.3 is 10.1 Å². The Kier molecular flexibility index (Phi) is 6.21. The highest BCUT2D eigenvalue weighted by atomic mass is 32.1. The second-order valence-electron chi connectivity index (χ2n) is 5.32. The third-order valence-electron chi connectivity index (χ3n) is 3.02. The molecule has 0 aliphatic rings. The van der Waals surface area contributed by atoms with Gasteiger partial charge >= 0.3 is 0 Å². The fourth-order valence-corrected chi connectivity index (χ4v) is 2.84. The normalized spacial score (nSPS) is 11.0. The molecule has 0 atom stereocenters. The first-order valence-electron chi connectivity index (χ1n) is 7.61. The van der Waals surface area contributed by atoms with E-state index in [0.717, 1.165) is 36.5 Å². The van der Waals surface area contributed by atoms with E-state index < -0.39 is 0 Å². The highest BCUT2D eigenvalue weighted by molar-refractivity contribution is 7.09. The first-order chi connectivity index (χ1) is 10.2. The third-order valence-corrected chi connectivity index (χ3v) is 3.92. The quantitative estimate of drug-likeness (QED) is 0.744. The number of hydrogen-bond acceptors (Lipinski definition) is 4. The fraction of sp³-hybridized carbons (Fsp3) is 0.471. The van der Waals surface area contributed by atoms with Crippen molar-refractivity contribution in [2.24, 2.45) is 0 Å². The number of benzene rings is 1. The Balaban J connectivity index is 1.94. The van der Waals surface area contributed by atoms with Gasteiger partial charge in [-0.2, -0.15) is 0 Å². The van der Waals surface area contributed by atoms with Gasteiger partial charge in [0.05, 0.1) is 16.8 Å². The Morgan fingerprint density at radius 3 is 2.62 bits per heavy atom. The summed E-state index contributed by atoms with van der Waals surface area (Å²) in [5.74, 6) is 0.910. The lowest BCUT2D eigenvalue weighted by Gasteiger charge is -2.09. The minimum atomic E-state index is 0.206. The molecule has 2 aromatic rings. The topological polar surface area (TPSA) is 34.2 Å². The van der Waals surface area contributed by atoms with E-state index in [2.05, 4.69) is 29.8 Å². The van der Waals surface area contributed by atoms with Gasteiger partial charge in [-0.25, -0.2) is 4.98 Å². The molecule has 2 rings (SSSR count). The standard InChI is InChI=1S/C17H24N2OS/c1-4-10-18-11-9-17-19-16(12-21-17)14-5-7-15(8-6-14)20-13(2)3/h5-8,12-13,18H,4,9-11H2,1-3H3. The Morgan fingerprint density at radius 2 is 1.95 bits per heavy atom.